The predicted molar refractivity (Wildman–Crippen MR) is 115 cm³/mol. The highest BCUT2D eigenvalue weighted by Crippen LogP contribution is 2.49. The fraction of sp³-hybridized carbons (Fsp3) is 0.333. The maximum absolute atomic E-state index is 5.90. The molecule has 0 fully saturated rings. The third kappa shape index (κ3) is 3.60. The summed E-state index contributed by atoms with van der Waals surface area (Å²) in [5.41, 5.74) is 11.3. The number of hydrogen-bond donors (Lipinski definition) is 3. The van der Waals surface area contributed by atoms with E-state index in [4.69, 9.17) is 45.2 Å². The minimum absolute atomic E-state index is 0.214. The van der Waals surface area contributed by atoms with E-state index in [0.29, 0.717) is 64.8 Å². The highest BCUT2D eigenvalue weighted by Gasteiger charge is 2.26. The summed E-state index contributed by atoms with van der Waals surface area (Å²) in [7, 11) is 4.61. The molecular formula is C21H25N5O5. The zero-order valence-electron chi connectivity index (χ0n) is 17.7. The van der Waals surface area contributed by atoms with Crippen molar-refractivity contribution in [3.63, 3.8) is 0 Å². The minimum atomic E-state index is 0.214. The van der Waals surface area contributed by atoms with Gasteiger partial charge in [0, 0.05) is 12.8 Å². The molecule has 3 aromatic rings. The van der Waals surface area contributed by atoms with Crippen LogP contribution in [-0.4, -0.2) is 44.6 Å². The molecule has 0 radical (unpaired) electrons. The molecule has 0 spiro atoms. The summed E-state index contributed by atoms with van der Waals surface area (Å²) in [4.78, 5) is 9.48. The first kappa shape index (κ1) is 20.8. The van der Waals surface area contributed by atoms with Crippen molar-refractivity contribution in [1.29, 1.82) is 0 Å². The fourth-order valence-corrected chi connectivity index (χ4v) is 3.74. The molecule has 1 aliphatic rings. The maximum Gasteiger partial charge on any atom is 0.231 e. The molecule has 0 saturated heterocycles. The highest BCUT2D eigenvalue weighted by atomic mass is 16.7. The largest absolute Gasteiger partial charge is 0.491 e. The number of anilines is 1. The first-order chi connectivity index (χ1) is 15.1. The van der Waals surface area contributed by atoms with E-state index < -0.39 is 0 Å². The van der Waals surface area contributed by atoms with Crippen LogP contribution in [0.15, 0.2) is 18.2 Å². The van der Waals surface area contributed by atoms with Crippen LogP contribution in [0.4, 0.5) is 5.69 Å². The van der Waals surface area contributed by atoms with Crippen molar-refractivity contribution in [2.45, 2.75) is 12.8 Å². The number of hydrogen-bond acceptors (Lipinski definition) is 10. The lowest BCUT2D eigenvalue weighted by molar-refractivity contribution is 0.174. The van der Waals surface area contributed by atoms with Crippen molar-refractivity contribution in [2.75, 3.05) is 40.1 Å². The molecule has 0 unspecified atom stereocenters. The van der Waals surface area contributed by atoms with Gasteiger partial charge in [0.2, 0.25) is 12.5 Å². The first-order valence-electron chi connectivity index (χ1n) is 9.71. The molecule has 1 aromatic heterocycles. The Morgan fingerprint density at radius 3 is 2.42 bits per heavy atom. The van der Waals surface area contributed by atoms with Crippen molar-refractivity contribution in [2.24, 2.45) is 11.6 Å². The standard InChI is InChI=1S/C21H25N5O5/c1-27-19-17-16(18(26-23)20(28-2)21(19)29-3)12(24-15(25-17)6-7-22)8-11-4-5-13-14(9-11)31-10-30-13/h4-5,9,26H,6-8,10,22-23H2,1-3H3. The molecule has 2 heterocycles. The van der Waals surface area contributed by atoms with E-state index in [2.05, 4.69) is 5.43 Å². The lowest BCUT2D eigenvalue weighted by Crippen LogP contribution is -2.14. The van der Waals surface area contributed by atoms with Crippen molar-refractivity contribution >= 4 is 16.6 Å². The Bertz CT molecular complexity index is 1120. The van der Waals surface area contributed by atoms with E-state index in [1.54, 1.807) is 7.11 Å². The summed E-state index contributed by atoms with van der Waals surface area (Å²) in [6.45, 7) is 0.623. The second kappa shape index (κ2) is 8.70. The van der Waals surface area contributed by atoms with Gasteiger partial charge < -0.3 is 34.8 Å². The van der Waals surface area contributed by atoms with Gasteiger partial charge in [0.15, 0.2) is 23.0 Å². The van der Waals surface area contributed by atoms with Crippen LogP contribution in [0.3, 0.4) is 0 Å². The fourth-order valence-electron chi connectivity index (χ4n) is 3.74. The normalized spacial score (nSPS) is 12.2. The Hall–Kier alpha value is -3.50. The van der Waals surface area contributed by atoms with Crippen LogP contribution in [0.2, 0.25) is 0 Å². The number of nitrogens with zero attached hydrogens (tertiary/aromatic N) is 2. The van der Waals surface area contributed by atoms with Crippen molar-refractivity contribution in [1.82, 2.24) is 9.97 Å². The van der Waals surface area contributed by atoms with Crippen LogP contribution in [0.25, 0.3) is 10.9 Å². The van der Waals surface area contributed by atoms with Gasteiger partial charge in [-0.25, -0.2) is 9.97 Å². The number of nitrogen functional groups attached to an aromatic ring is 1. The monoisotopic (exact) mass is 427 g/mol. The Morgan fingerprint density at radius 2 is 1.74 bits per heavy atom. The van der Waals surface area contributed by atoms with E-state index in [-0.39, 0.29) is 6.79 Å². The van der Waals surface area contributed by atoms with E-state index in [0.717, 1.165) is 17.0 Å². The summed E-state index contributed by atoms with van der Waals surface area (Å²) in [6.07, 6.45) is 0.994. The Labute approximate surface area is 179 Å². The van der Waals surface area contributed by atoms with Crippen LogP contribution in [0, 0.1) is 0 Å². The number of nitrogens with one attached hydrogen (secondary N) is 1. The first-order valence-corrected chi connectivity index (χ1v) is 9.71. The van der Waals surface area contributed by atoms with Crippen LogP contribution in [-0.2, 0) is 12.8 Å². The Kier molecular flexibility index (Phi) is 5.83. The van der Waals surface area contributed by atoms with Gasteiger partial charge in [0.05, 0.1) is 32.4 Å². The predicted octanol–water partition coefficient (Wildman–Crippen LogP) is 1.76. The highest BCUT2D eigenvalue weighted by molar-refractivity contribution is 6.03. The molecule has 4 rings (SSSR count). The number of ether oxygens (including phenoxy) is 5. The van der Waals surface area contributed by atoms with E-state index in [1.807, 2.05) is 18.2 Å². The van der Waals surface area contributed by atoms with Crippen LogP contribution >= 0.6 is 0 Å². The second-order valence-corrected chi connectivity index (χ2v) is 6.83. The van der Waals surface area contributed by atoms with Gasteiger partial charge in [-0.3, -0.25) is 5.84 Å². The molecule has 31 heavy (non-hydrogen) atoms. The average molecular weight is 427 g/mol. The number of benzene rings is 2. The summed E-state index contributed by atoms with van der Waals surface area (Å²) >= 11 is 0. The average Bonchev–Trinajstić information content (AvgIpc) is 3.25. The molecule has 2 aromatic carbocycles. The number of aromatic nitrogens is 2. The SMILES string of the molecule is COc1c(OC)c(NN)c2c(Cc3ccc4c(c3)OCO4)nc(CCN)nc2c1OC. The van der Waals surface area contributed by atoms with Gasteiger partial charge in [0.25, 0.3) is 0 Å². The number of methoxy groups -OCH3 is 3. The number of nitrogens with two attached hydrogens (primary N) is 2. The van der Waals surface area contributed by atoms with Gasteiger partial charge >= 0.3 is 0 Å². The smallest absolute Gasteiger partial charge is 0.231 e. The summed E-state index contributed by atoms with van der Waals surface area (Å²) < 4.78 is 27.7. The molecule has 0 atom stereocenters. The molecule has 0 bridgehead atoms. The molecule has 10 heteroatoms. The summed E-state index contributed by atoms with van der Waals surface area (Å²) in [5.74, 6) is 9.14. The Morgan fingerprint density at radius 1 is 1.00 bits per heavy atom. The zero-order chi connectivity index (χ0) is 22.0. The van der Waals surface area contributed by atoms with Gasteiger partial charge in [0.1, 0.15) is 17.0 Å². The number of hydrazine groups is 1. The summed E-state index contributed by atoms with van der Waals surface area (Å²) in [6, 6.07) is 5.79. The van der Waals surface area contributed by atoms with Gasteiger partial charge in [-0.2, -0.15) is 0 Å². The van der Waals surface area contributed by atoms with E-state index in [9.17, 15) is 0 Å². The van der Waals surface area contributed by atoms with Gasteiger partial charge in [-0.05, 0) is 24.2 Å². The maximum atomic E-state index is 5.90. The number of rotatable bonds is 8. The molecule has 0 amide bonds. The van der Waals surface area contributed by atoms with Crippen molar-refractivity contribution in [3.8, 4) is 28.7 Å². The topological polar surface area (TPSA) is 136 Å². The minimum Gasteiger partial charge on any atom is -0.491 e. The van der Waals surface area contributed by atoms with Gasteiger partial charge in [-0.15, -0.1) is 0 Å². The zero-order valence-corrected chi connectivity index (χ0v) is 17.7. The Balaban J connectivity index is 1.98. The summed E-state index contributed by atoms with van der Waals surface area (Å²) in [5, 5.41) is 0.676. The molecule has 1 aliphatic heterocycles. The molecular weight excluding hydrogens is 402 g/mol. The number of fused-ring (bicyclic) bond motifs is 2. The third-order valence-electron chi connectivity index (χ3n) is 5.07. The third-order valence-corrected chi connectivity index (χ3v) is 5.07. The van der Waals surface area contributed by atoms with Gasteiger partial charge in [-0.1, -0.05) is 6.07 Å². The van der Waals surface area contributed by atoms with Crippen molar-refractivity contribution in [3.05, 3.63) is 35.3 Å². The van der Waals surface area contributed by atoms with Crippen molar-refractivity contribution < 1.29 is 23.7 Å². The quantitative estimate of drug-likeness (QED) is 0.360. The molecule has 164 valence electrons. The van der Waals surface area contributed by atoms with E-state index >= 15 is 0 Å². The second-order valence-electron chi connectivity index (χ2n) is 6.83. The van der Waals surface area contributed by atoms with Crippen LogP contribution in [0.1, 0.15) is 17.1 Å². The molecule has 0 aliphatic carbocycles. The van der Waals surface area contributed by atoms with Crippen LogP contribution in [0.5, 0.6) is 28.7 Å². The molecule has 0 saturated carbocycles. The van der Waals surface area contributed by atoms with Crippen LogP contribution < -0.4 is 40.7 Å². The lowest BCUT2D eigenvalue weighted by Gasteiger charge is -2.20. The van der Waals surface area contributed by atoms with E-state index in [1.165, 1.54) is 14.2 Å². The molecule has 5 N–H and O–H groups in total. The lowest BCUT2D eigenvalue weighted by atomic mass is 10.0. The molecule has 10 nitrogen and oxygen atoms in total.